The lowest BCUT2D eigenvalue weighted by Crippen LogP contribution is -2.13. The van der Waals surface area contributed by atoms with E-state index in [0.717, 1.165) is 17.5 Å². The van der Waals surface area contributed by atoms with Crippen molar-refractivity contribution in [2.75, 3.05) is 11.8 Å². The third-order valence-electron chi connectivity index (χ3n) is 2.32. The van der Waals surface area contributed by atoms with Crippen molar-refractivity contribution >= 4 is 5.69 Å². The van der Waals surface area contributed by atoms with Gasteiger partial charge in [0, 0.05) is 6.61 Å². The van der Waals surface area contributed by atoms with Gasteiger partial charge in [-0.15, -0.1) is 5.23 Å². The summed E-state index contributed by atoms with van der Waals surface area (Å²) < 4.78 is 0. The van der Waals surface area contributed by atoms with E-state index >= 15 is 0 Å². The van der Waals surface area contributed by atoms with Crippen LogP contribution in [0.2, 0.25) is 0 Å². The van der Waals surface area contributed by atoms with Gasteiger partial charge in [0.05, 0.1) is 5.69 Å². The standard InChI is InChI=1S/C9H11NO3/c11-4-3-7-8-5-6(8)1-2-9(7)10(12)13/h1-2,11-13H,3-5H2. The maximum atomic E-state index is 8.89. The third kappa shape index (κ3) is 1.39. The number of fused-ring (bicyclic) bond motifs is 1. The van der Waals surface area contributed by atoms with Gasteiger partial charge in [0.15, 0.2) is 0 Å². The number of anilines is 1. The molecule has 4 nitrogen and oxygen atoms in total. The summed E-state index contributed by atoms with van der Waals surface area (Å²) in [5, 5.41) is 26.7. The number of hydrogen-bond acceptors (Lipinski definition) is 4. The molecule has 13 heavy (non-hydrogen) atoms. The average molecular weight is 181 g/mol. The van der Waals surface area contributed by atoms with Gasteiger partial charge in [-0.2, -0.15) is 0 Å². The number of nitrogens with zero attached hydrogens (tertiary/aromatic N) is 1. The largest absolute Gasteiger partial charge is 0.396 e. The molecule has 2 rings (SSSR count). The fourth-order valence-electron chi connectivity index (χ4n) is 1.62. The van der Waals surface area contributed by atoms with Gasteiger partial charge in [-0.1, -0.05) is 6.07 Å². The van der Waals surface area contributed by atoms with E-state index in [2.05, 4.69) is 0 Å². The topological polar surface area (TPSA) is 63.9 Å². The van der Waals surface area contributed by atoms with Crippen molar-refractivity contribution in [2.24, 2.45) is 0 Å². The van der Waals surface area contributed by atoms with E-state index in [1.807, 2.05) is 6.07 Å². The van der Waals surface area contributed by atoms with Gasteiger partial charge in [-0.25, -0.2) is 0 Å². The SMILES string of the molecule is OCCc1c(N(O)O)ccc2c1C2. The molecule has 3 N–H and O–H groups in total. The zero-order chi connectivity index (χ0) is 9.42. The van der Waals surface area contributed by atoms with Gasteiger partial charge in [0.1, 0.15) is 0 Å². The van der Waals surface area contributed by atoms with Crippen LogP contribution in [0.15, 0.2) is 12.1 Å². The molecular weight excluding hydrogens is 170 g/mol. The maximum absolute atomic E-state index is 8.89. The highest BCUT2D eigenvalue weighted by Gasteiger charge is 2.24. The lowest BCUT2D eigenvalue weighted by atomic mass is 10.1. The highest BCUT2D eigenvalue weighted by molar-refractivity contribution is 5.63. The summed E-state index contributed by atoms with van der Waals surface area (Å²) in [5.74, 6) is 0. The van der Waals surface area contributed by atoms with E-state index < -0.39 is 0 Å². The summed E-state index contributed by atoms with van der Waals surface area (Å²) in [6.45, 7) is 0.0251. The molecule has 0 unspecified atom stereocenters. The second kappa shape index (κ2) is 2.99. The van der Waals surface area contributed by atoms with Crippen molar-refractivity contribution in [2.45, 2.75) is 12.8 Å². The minimum atomic E-state index is 0.0251. The van der Waals surface area contributed by atoms with Crippen LogP contribution in [0.1, 0.15) is 16.7 Å². The van der Waals surface area contributed by atoms with E-state index in [9.17, 15) is 0 Å². The summed E-state index contributed by atoms with van der Waals surface area (Å²) in [6, 6.07) is 3.52. The monoisotopic (exact) mass is 181 g/mol. The Morgan fingerprint density at radius 3 is 2.69 bits per heavy atom. The minimum absolute atomic E-state index is 0.0251. The highest BCUT2D eigenvalue weighted by atomic mass is 16.8. The molecule has 1 aliphatic carbocycles. The quantitative estimate of drug-likeness (QED) is 0.610. The summed E-state index contributed by atoms with van der Waals surface area (Å²) in [6.07, 6.45) is 1.37. The van der Waals surface area contributed by atoms with E-state index in [4.69, 9.17) is 15.5 Å². The molecular formula is C9H11NO3. The van der Waals surface area contributed by atoms with Crippen LogP contribution < -0.4 is 5.23 Å². The Labute approximate surface area is 75.6 Å². The van der Waals surface area contributed by atoms with Gasteiger partial charge in [0.2, 0.25) is 0 Å². The lowest BCUT2D eigenvalue weighted by molar-refractivity contribution is 0.0286. The first kappa shape index (κ1) is 8.50. The Morgan fingerprint density at radius 2 is 2.08 bits per heavy atom. The van der Waals surface area contributed by atoms with Crippen molar-refractivity contribution in [1.29, 1.82) is 0 Å². The van der Waals surface area contributed by atoms with Crippen LogP contribution in [0.3, 0.4) is 0 Å². The van der Waals surface area contributed by atoms with Gasteiger partial charge in [0.25, 0.3) is 0 Å². The number of aliphatic hydroxyl groups excluding tert-OH is 1. The molecule has 1 aromatic rings. The number of hydrogen-bond donors (Lipinski definition) is 3. The fraction of sp³-hybridized carbons (Fsp3) is 0.333. The van der Waals surface area contributed by atoms with Crippen LogP contribution in [0.25, 0.3) is 0 Å². The smallest absolute Gasteiger partial charge is 0.0978 e. The summed E-state index contributed by atoms with van der Waals surface area (Å²) in [4.78, 5) is 0. The van der Waals surface area contributed by atoms with Crippen LogP contribution in [0.4, 0.5) is 5.69 Å². The van der Waals surface area contributed by atoms with Crippen LogP contribution >= 0.6 is 0 Å². The Bertz CT molecular complexity index is 336. The molecule has 0 bridgehead atoms. The summed E-state index contributed by atoms with van der Waals surface area (Å²) >= 11 is 0. The molecule has 0 saturated carbocycles. The van der Waals surface area contributed by atoms with Crippen LogP contribution in [0, 0.1) is 0 Å². The zero-order valence-corrected chi connectivity index (χ0v) is 7.06. The zero-order valence-electron chi connectivity index (χ0n) is 7.06. The van der Waals surface area contributed by atoms with Crippen molar-refractivity contribution < 1.29 is 15.5 Å². The molecule has 0 amide bonds. The van der Waals surface area contributed by atoms with Crippen molar-refractivity contribution in [3.63, 3.8) is 0 Å². The molecule has 0 heterocycles. The first-order valence-electron chi connectivity index (χ1n) is 4.16. The molecule has 70 valence electrons. The number of aliphatic hydroxyl groups is 1. The van der Waals surface area contributed by atoms with E-state index in [1.165, 1.54) is 5.56 Å². The molecule has 0 aliphatic heterocycles. The first-order chi connectivity index (χ1) is 6.24. The van der Waals surface area contributed by atoms with Crippen LogP contribution in [0.5, 0.6) is 0 Å². The Hall–Kier alpha value is -1.10. The molecule has 4 heteroatoms. The molecule has 0 fully saturated rings. The van der Waals surface area contributed by atoms with Crippen LogP contribution in [-0.4, -0.2) is 22.1 Å². The van der Waals surface area contributed by atoms with E-state index in [1.54, 1.807) is 6.07 Å². The molecule has 0 saturated heterocycles. The molecule has 0 atom stereocenters. The number of benzene rings is 1. The Morgan fingerprint density at radius 1 is 1.31 bits per heavy atom. The highest BCUT2D eigenvalue weighted by Crippen LogP contribution is 2.37. The molecule has 1 aromatic carbocycles. The molecule has 0 spiro atoms. The van der Waals surface area contributed by atoms with Gasteiger partial charge in [-0.05, 0) is 35.6 Å². The Balaban J connectivity index is 2.39. The first-order valence-corrected chi connectivity index (χ1v) is 4.16. The van der Waals surface area contributed by atoms with Crippen molar-refractivity contribution in [3.05, 3.63) is 28.8 Å². The predicted octanol–water partition coefficient (Wildman–Crippen LogP) is 0.710. The summed E-state index contributed by atoms with van der Waals surface area (Å²) in [7, 11) is 0. The normalized spacial score (nSPS) is 12.5. The fourth-order valence-corrected chi connectivity index (χ4v) is 1.62. The lowest BCUT2D eigenvalue weighted by Gasteiger charge is -2.12. The second-order valence-electron chi connectivity index (χ2n) is 3.14. The van der Waals surface area contributed by atoms with Gasteiger partial charge in [-0.3, -0.25) is 10.4 Å². The van der Waals surface area contributed by atoms with E-state index in [-0.39, 0.29) is 11.8 Å². The van der Waals surface area contributed by atoms with Gasteiger partial charge < -0.3 is 5.11 Å². The minimum Gasteiger partial charge on any atom is -0.396 e. The molecule has 1 aliphatic rings. The molecule has 0 radical (unpaired) electrons. The van der Waals surface area contributed by atoms with E-state index in [0.29, 0.717) is 12.1 Å². The predicted molar refractivity (Wildman–Crippen MR) is 46.1 cm³/mol. The van der Waals surface area contributed by atoms with Gasteiger partial charge >= 0.3 is 0 Å². The molecule has 0 aromatic heterocycles. The second-order valence-corrected chi connectivity index (χ2v) is 3.14. The van der Waals surface area contributed by atoms with Crippen molar-refractivity contribution in [3.8, 4) is 0 Å². The average Bonchev–Trinajstić information content (AvgIpc) is 2.83. The number of rotatable bonds is 3. The summed E-state index contributed by atoms with van der Waals surface area (Å²) in [5.41, 5.74) is 3.57. The Kier molecular flexibility index (Phi) is 1.95. The van der Waals surface area contributed by atoms with Crippen molar-refractivity contribution in [1.82, 2.24) is 0 Å². The van der Waals surface area contributed by atoms with Crippen LogP contribution in [-0.2, 0) is 12.8 Å². The maximum Gasteiger partial charge on any atom is 0.0978 e. The third-order valence-corrected chi connectivity index (χ3v) is 2.32.